The number of aliphatic hydroxyl groups is 2. The Morgan fingerprint density at radius 3 is 2.37 bits per heavy atom. The SMILES string of the molecule is CC(C)(O)C#Cc1ccc(OCCCCCO)cc1. The third-order valence-electron chi connectivity index (χ3n) is 2.44. The molecule has 0 aliphatic carbocycles. The number of unbranched alkanes of at least 4 members (excludes halogenated alkanes) is 2. The fourth-order valence-corrected chi connectivity index (χ4v) is 1.44. The van der Waals surface area contributed by atoms with Crippen molar-refractivity contribution in [2.75, 3.05) is 13.2 Å². The molecule has 104 valence electrons. The average Bonchev–Trinajstić information content (AvgIpc) is 2.37. The van der Waals surface area contributed by atoms with Gasteiger partial charge in [0.15, 0.2) is 0 Å². The monoisotopic (exact) mass is 262 g/mol. The van der Waals surface area contributed by atoms with E-state index in [0.29, 0.717) is 6.61 Å². The van der Waals surface area contributed by atoms with Crippen molar-refractivity contribution in [3.8, 4) is 17.6 Å². The van der Waals surface area contributed by atoms with Crippen molar-refractivity contribution >= 4 is 0 Å². The lowest BCUT2D eigenvalue weighted by Gasteiger charge is -2.07. The summed E-state index contributed by atoms with van der Waals surface area (Å²) in [6.07, 6.45) is 2.75. The Morgan fingerprint density at radius 2 is 1.79 bits per heavy atom. The van der Waals surface area contributed by atoms with Crippen LogP contribution in [-0.2, 0) is 0 Å². The molecule has 0 atom stereocenters. The van der Waals surface area contributed by atoms with Gasteiger partial charge in [0.05, 0.1) is 6.61 Å². The van der Waals surface area contributed by atoms with Gasteiger partial charge >= 0.3 is 0 Å². The summed E-state index contributed by atoms with van der Waals surface area (Å²) in [6, 6.07) is 7.50. The van der Waals surface area contributed by atoms with Crippen LogP contribution in [0.4, 0.5) is 0 Å². The average molecular weight is 262 g/mol. The van der Waals surface area contributed by atoms with Crippen LogP contribution in [0.2, 0.25) is 0 Å². The summed E-state index contributed by atoms with van der Waals surface area (Å²) in [5.41, 5.74) is -0.114. The second-order valence-electron chi connectivity index (χ2n) is 4.97. The molecule has 19 heavy (non-hydrogen) atoms. The number of rotatable bonds is 6. The van der Waals surface area contributed by atoms with E-state index in [0.717, 1.165) is 30.6 Å². The molecule has 1 rings (SSSR count). The van der Waals surface area contributed by atoms with Gasteiger partial charge in [-0.1, -0.05) is 11.8 Å². The summed E-state index contributed by atoms with van der Waals surface area (Å²) in [4.78, 5) is 0. The van der Waals surface area contributed by atoms with Gasteiger partial charge in [0.25, 0.3) is 0 Å². The second kappa shape index (κ2) is 7.83. The summed E-state index contributed by atoms with van der Waals surface area (Å²) in [6.45, 7) is 4.22. The minimum atomic E-state index is -0.970. The lowest BCUT2D eigenvalue weighted by atomic mass is 10.1. The molecular formula is C16H22O3. The van der Waals surface area contributed by atoms with Gasteiger partial charge in [0.2, 0.25) is 0 Å². The Labute approximate surface area is 115 Å². The van der Waals surface area contributed by atoms with Crippen molar-refractivity contribution in [1.29, 1.82) is 0 Å². The van der Waals surface area contributed by atoms with E-state index in [1.54, 1.807) is 13.8 Å². The van der Waals surface area contributed by atoms with E-state index in [2.05, 4.69) is 11.8 Å². The molecule has 0 unspecified atom stereocenters. The maximum Gasteiger partial charge on any atom is 0.120 e. The quantitative estimate of drug-likeness (QED) is 0.611. The van der Waals surface area contributed by atoms with Gasteiger partial charge in [0, 0.05) is 12.2 Å². The van der Waals surface area contributed by atoms with Gasteiger partial charge in [-0.2, -0.15) is 0 Å². The van der Waals surface area contributed by atoms with Gasteiger partial charge in [0.1, 0.15) is 11.4 Å². The van der Waals surface area contributed by atoms with Crippen LogP contribution in [0, 0.1) is 11.8 Å². The second-order valence-corrected chi connectivity index (χ2v) is 4.97. The number of aliphatic hydroxyl groups excluding tert-OH is 1. The van der Waals surface area contributed by atoms with Gasteiger partial charge in [-0.05, 0) is 57.4 Å². The third-order valence-corrected chi connectivity index (χ3v) is 2.44. The molecule has 0 aliphatic heterocycles. The minimum Gasteiger partial charge on any atom is -0.494 e. The van der Waals surface area contributed by atoms with Crippen LogP contribution in [-0.4, -0.2) is 29.0 Å². The lowest BCUT2D eigenvalue weighted by Crippen LogP contribution is -2.14. The van der Waals surface area contributed by atoms with E-state index in [1.165, 1.54) is 0 Å². The van der Waals surface area contributed by atoms with Crippen molar-refractivity contribution in [2.45, 2.75) is 38.7 Å². The maximum absolute atomic E-state index is 9.50. The van der Waals surface area contributed by atoms with Crippen molar-refractivity contribution in [3.63, 3.8) is 0 Å². The van der Waals surface area contributed by atoms with E-state index in [9.17, 15) is 5.11 Å². The predicted octanol–water partition coefficient (Wildman–Crippen LogP) is 2.35. The van der Waals surface area contributed by atoms with Gasteiger partial charge < -0.3 is 14.9 Å². The standard InChI is InChI=1S/C16H22O3/c1-16(2,18)11-10-14-6-8-15(9-7-14)19-13-5-3-4-12-17/h6-9,17-18H,3-5,12-13H2,1-2H3. The molecule has 3 heteroatoms. The molecule has 0 radical (unpaired) electrons. The number of hydrogen-bond donors (Lipinski definition) is 2. The molecule has 0 saturated heterocycles. The fourth-order valence-electron chi connectivity index (χ4n) is 1.44. The van der Waals surface area contributed by atoms with E-state index < -0.39 is 5.60 Å². The summed E-state index contributed by atoms with van der Waals surface area (Å²) in [7, 11) is 0. The molecule has 1 aromatic carbocycles. The van der Waals surface area contributed by atoms with Gasteiger partial charge in [-0.15, -0.1) is 0 Å². The Kier molecular flexibility index (Phi) is 6.41. The molecule has 0 spiro atoms. The maximum atomic E-state index is 9.50. The van der Waals surface area contributed by atoms with Crippen LogP contribution in [0.1, 0.15) is 38.7 Å². The van der Waals surface area contributed by atoms with E-state index >= 15 is 0 Å². The van der Waals surface area contributed by atoms with Gasteiger partial charge in [-0.3, -0.25) is 0 Å². The Hall–Kier alpha value is -1.50. The van der Waals surface area contributed by atoms with Crippen molar-refractivity contribution < 1.29 is 14.9 Å². The van der Waals surface area contributed by atoms with Crippen LogP contribution in [0.5, 0.6) is 5.75 Å². The predicted molar refractivity (Wildman–Crippen MR) is 76.0 cm³/mol. The first-order valence-corrected chi connectivity index (χ1v) is 6.60. The highest BCUT2D eigenvalue weighted by Crippen LogP contribution is 2.12. The molecule has 0 aromatic heterocycles. The van der Waals surface area contributed by atoms with E-state index in [1.807, 2.05) is 24.3 Å². The Bertz CT molecular complexity index is 418. The molecule has 0 saturated carbocycles. The molecule has 3 nitrogen and oxygen atoms in total. The number of hydrogen-bond acceptors (Lipinski definition) is 3. The summed E-state index contributed by atoms with van der Waals surface area (Å²) >= 11 is 0. The van der Waals surface area contributed by atoms with Crippen LogP contribution in [0.3, 0.4) is 0 Å². The van der Waals surface area contributed by atoms with Crippen LogP contribution in [0.15, 0.2) is 24.3 Å². The first-order valence-electron chi connectivity index (χ1n) is 6.60. The summed E-state index contributed by atoms with van der Waals surface area (Å²) in [5, 5.41) is 18.2. The molecule has 2 N–H and O–H groups in total. The third kappa shape index (κ3) is 7.50. The van der Waals surface area contributed by atoms with Crippen molar-refractivity contribution in [2.24, 2.45) is 0 Å². The molecular weight excluding hydrogens is 240 g/mol. The Morgan fingerprint density at radius 1 is 1.11 bits per heavy atom. The highest BCUT2D eigenvalue weighted by atomic mass is 16.5. The molecule has 0 bridgehead atoms. The minimum absolute atomic E-state index is 0.245. The molecule has 0 fully saturated rings. The lowest BCUT2D eigenvalue weighted by molar-refractivity contribution is 0.143. The highest BCUT2D eigenvalue weighted by Gasteiger charge is 2.05. The first kappa shape index (κ1) is 15.6. The zero-order valence-electron chi connectivity index (χ0n) is 11.6. The molecule has 0 amide bonds. The summed E-state index contributed by atoms with van der Waals surface area (Å²) < 4.78 is 5.57. The molecule has 1 aromatic rings. The normalized spacial score (nSPS) is 10.7. The largest absolute Gasteiger partial charge is 0.494 e. The molecule has 0 aliphatic rings. The topological polar surface area (TPSA) is 49.7 Å². The first-order chi connectivity index (χ1) is 9.01. The van der Waals surface area contributed by atoms with Crippen molar-refractivity contribution in [3.05, 3.63) is 29.8 Å². The zero-order valence-corrected chi connectivity index (χ0v) is 11.6. The van der Waals surface area contributed by atoms with E-state index in [4.69, 9.17) is 9.84 Å². The van der Waals surface area contributed by atoms with Crippen molar-refractivity contribution in [1.82, 2.24) is 0 Å². The van der Waals surface area contributed by atoms with Crippen LogP contribution in [0.25, 0.3) is 0 Å². The van der Waals surface area contributed by atoms with E-state index in [-0.39, 0.29) is 6.61 Å². The zero-order chi connectivity index (χ0) is 14.1. The Balaban J connectivity index is 2.41. The van der Waals surface area contributed by atoms with Crippen LogP contribution >= 0.6 is 0 Å². The molecule has 0 heterocycles. The smallest absolute Gasteiger partial charge is 0.120 e. The number of ether oxygens (including phenoxy) is 1. The highest BCUT2D eigenvalue weighted by molar-refractivity contribution is 5.39. The number of benzene rings is 1. The van der Waals surface area contributed by atoms with Crippen LogP contribution < -0.4 is 4.74 Å². The fraction of sp³-hybridized carbons (Fsp3) is 0.500. The van der Waals surface area contributed by atoms with Gasteiger partial charge in [-0.25, -0.2) is 0 Å². The summed E-state index contributed by atoms with van der Waals surface area (Å²) in [5.74, 6) is 6.49.